The molecule has 2 aliphatic heterocycles. The lowest BCUT2D eigenvalue weighted by molar-refractivity contribution is -0.133. The van der Waals surface area contributed by atoms with Crippen LogP contribution in [0.15, 0.2) is 24.5 Å². The summed E-state index contributed by atoms with van der Waals surface area (Å²) in [4.78, 5) is 17.8. The average Bonchev–Trinajstić information content (AvgIpc) is 3.21. The first-order valence-corrected chi connectivity index (χ1v) is 10.9. The third-order valence-electron chi connectivity index (χ3n) is 6.29. The second-order valence-electron chi connectivity index (χ2n) is 8.21. The molecule has 2 saturated heterocycles. The highest BCUT2D eigenvalue weighted by atomic mass is 16.5. The summed E-state index contributed by atoms with van der Waals surface area (Å²) >= 11 is 0. The fourth-order valence-electron chi connectivity index (χ4n) is 4.88. The SMILES string of the molecule is COCCCN(CC1CCCN2CCCCC12)C(=O)CCCn1cccc1. The molecular weight excluding hydrogens is 338 g/mol. The van der Waals surface area contributed by atoms with Crippen LogP contribution in [0.3, 0.4) is 0 Å². The smallest absolute Gasteiger partial charge is 0.222 e. The van der Waals surface area contributed by atoms with E-state index in [-0.39, 0.29) is 0 Å². The molecular formula is C22H37N3O2. The van der Waals surface area contributed by atoms with Gasteiger partial charge in [0, 0.05) is 58.2 Å². The summed E-state index contributed by atoms with van der Waals surface area (Å²) in [6, 6.07) is 4.78. The number of hydrogen-bond donors (Lipinski definition) is 0. The first-order chi connectivity index (χ1) is 13.3. The maximum Gasteiger partial charge on any atom is 0.222 e. The Balaban J connectivity index is 1.53. The number of rotatable bonds is 10. The molecule has 2 fully saturated rings. The Hall–Kier alpha value is -1.33. The van der Waals surface area contributed by atoms with Crippen LogP contribution >= 0.6 is 0 Å². The highest BCUT2D eigenvalue weighted by molar-refractivity contribution is 5.76. The lowest BCUT2D eigenvalue weighted by atomic mass is 9.83. The number of carbonyl (C=O) groups is 1. The predicted molar refractivity (Wildman–Crippen MR) is 109 cm³/mol. The Morgan fingerprint density at radius 3 is 2.74 bits per heavy atom. The maximum atomic E-state index is 13.0. The molecule has 2 aliphatic rings. The monoisotopic (exact) mass is 375 g/mol. The Labute approximate surface area is 164 Å². The molecule has 1 aromatic rings. The van der Waals surface area contributed by atoms with Gasteiger partial charge in [0.25, 0.3) is 0 Å². The summed E-state index contributed by atoms with van der Waals surface area (Å²) in [7, 11) is 1.74. The van der Waals surface area contributed by atoms with Gasteiger partial charge in [-0.2, -0.15) is 0 Å². The van der Waals surface area contributed by atoms with Crippen LogP contribution in [0.25, 0.3) is 0 Å². The van der Waals surface area contributed by atoms with Crippen LogP contribution in [-0.2, 0) is 16.1 Å². The Bertz CT molecular complexity index is 544. The summed E-state index contributed by atoms with van der Waals surface area (Å²) in [5, 5.41) is 0. The van der Waals surface area contributed by atoms with Crippen molar-refractivity contribution in [3.63, 3.8) is 0 Å². The van der Waals surface area contributed by atoms with Crippen molar-refractivity contribution in [1.29, 1.82) is 0 Å². The minimum Gasteiger partial charge on any atom is -0.385 e. The lowest BCUT2D eigenvalue weighted by Gasteiger charge is -2.45. The number of methoxy groups -OCH3 is 1. The number of ether oxygens (including phenoxy) is 1. The minimum atomic E-state index is 0.325. The molecule has 0 saturated carbocycles. The van der Waals surface area contributed by atoms with Gasteiger partial charge in [0.15, 0.2) is 0 Å². The first-order valence-electron chi connectivity index (χ1n) is 10.9. The lowest BCUT2D eigenvalue weighted by Crippen LogP contribution is -2.51. The van der Waals surface area contributed by atoms with Crippen LogP contribution in [0.5, 0.6) is 0 Å². The number of aryl methyl sites for hydroxylation is 1. The molecule has 152 valence electrons. The Kier molecular flexibility index (Phi) is 8.21. The highest BCUT2D eigenvalue weighted by Gasteiger charge is 2.34. The standard InChI is InChI=1S/C22H37N3O2/c1-27-18-8-17-25(22(26)11-7-14-23-12-4-5-13-23)19-20-9-6-16-24-15-3-2-10-21(20)24/h4-5,12-13,20-21H,2-3,6-11,14-19H2,1H3. The third-order valence-corrected chi connectivity index (χ3v) is 6.29. The van der Waals surface area contributed by atoms with Gasteiger partial charge in [0.1, 0.15) is 0 Å². The van der Waals surface area contributed by atoms with E-state index in [1.54, 1.807) is 7.11 Å². The number of amides is 1. The van der Waals surface area contributed by atoms with Crippen LogP contribution < -0.4 is 0 Å². The second-order valence-corrected chi connectivity index (χ2v) is 8.21. The molecule has 0 aromatic carbocycles. The largest absolute Gasteiger partial charge is 0.385 e. The molecule has 0 aliphatic carbocycles. The topological polar surface area (TPSA) is 37.7 Å². The molecule has 27 heavy (non-hydrogen) atoms. The highest BCUT2D eigenvalue weighted by Crippen LogP contribution is 2.31. The van der Waals surface area contributed by atoms with E-state index in [4.69, 9.17) is 4.74 Å². The van der Waals surface area contributed by atoms with Crippen molar-refractivity contribution in [1.82, 2.24) is 14.4 Å². The summed E-state index contributed by atoms with van der Waals surface area (Å²) in [5.74, 6) is 0.973. The van der Waals surface area contributed by atoms with Gasteiger partial charge in [0.2, 0.25) is 5.91 Å². The zero-order valence-corrected chi connectivity index (χ0v) is 17.0. The molecule has 2 atom stereocenters. The first kappa shape index (κ1) is 20.4. The van der Waals surface area contributed by atoms with E-state index in [9.17, 15) is 4.79 Å². The van der Waals surface area contributed by atoms with Gasteiger partial charge in [-0.1, -0.05) is 6.42 Å². The Morgan fingerprint density at radius 1 is 1.11 bits per heavy atom. The van der Waals surface area contributed by atoms with E-state index in [0.717, 1.165) is 39.1 Å². The molecule has 1 aromatic heterocycles. The number of carbonyl (C=O) groups excluding carboxylic acids is 1. The quantitative estimate of drug-likeness (QED) is 0.588. The summed E-state index contributed by atoms with van der Waals surface area (Å²) in [6.45, 7) is 5.94. The summed E-state index contributed by atoms with van der Waals surface area (Å²) in [5.41, 5.74) is 0. The van der Waals surface area contributed by atoms with E-state index in [0.29, 0.717) is 24.3 Å². The molecule has 5 nitrogen and oxygen atoms in total. The van der Waals surface area contributed by atoms with Crippen molar-refractivity contribution >= 4 is 5.91 Å². The zero-order chi connectivity index (χ0) is 18.9. The van der Waals surface area contributed by atoms with E-state index < -0.39 is 0 Å². The van der Waals surface area contributed by atoms with Gasteiger partial charge in [-0.25, -0.2) is 0 Å². The van der Waals surface area contributed by atoms with Gasteiger partial charge in [-0.3, -0.25) is 4.79 Å². The van der Waals surface area contributed by atoms with Gasteiger partial charge >= 0.3 is 0 Å². The molecule has 3 heterocycles. The minimum absolute atomic E-state index is 0.325. The van der Waals surface area contributed by atoms with Crippen LogP contribution in [0.1, 0.15) is 51.4 Å². The second kappa shape index (κ2) is 10.9. The van der Waals surface area contributed by atoms with Crippen molar-refractivity contribution < 1.29 is 9.53 Å². The summed E-state index contributed by atoms with van der Waals surface area (Å²) < 4.78 is 7.38. The third kappa shape index (κ3) is 6.08. The molecule has 0 bridgehead atoms. The van der Waals surface area contributed by atoms with Crippen LogP contribution in [0.2, 0.25) is 0 Å². The Morgan fingerprint density at radius 2 is 1.93 bits per heavy atom. The molecule has 5 heteroatoms. The fraction of sp³-hybridized carbons (Fsp3) is 0.773. The molecule has 3 rings (SSSR count). The molecule has 1 amide bonds. The summed E-state index contributed by atoms with van der Waals surface area (Å²) in [6.07, 6.45) is 13.2. The van der Waals surface area contributed by atoms with Gasteiger partial charge in [0.05, 0.1) is 0 Å². The number of hydrogen-bond acceptors (Lipinski definition) is 3. The number of aromatic nitrogens is 1. The normalized spacial score (nSPS) is 23.1. The van der Waals surface area contributed by atoms with Crippen molar-refractivity contribution in [2.45, 2.75) is 64.0 Å². The van der Waals surface area contributed by atoms with Gasteiger partial charge < -0.3 is 19.1 Å². The van der Waals surface area contributed by atoms with Crippen molar-refractivity contribution in [3.05, 3.63) is 24.5 Å². The van der Waals surface area contributed by atoms with Gasteiger partial charge in [-0.05, 0) is 69.7 Å². The van der Waals surface area contributed by atoms with Crippen molar-refractivity contribution in [2.75, 3.05) is 39.9 Å². The van der Waals surface area contributed by atoms with Crippen LogP contribution in [0, 0.1) is 5.92 Å². The number of piperidine rings is 2. The van der Waals surface area contributed by atoms with E-state index in [2.05, 4.69) is 26.8 Å². The maximum absolute atomic E-state index is 13.0. The van der Waals surface area contributed by atoms with E-state index >= 15 is 0 Å². The van der Waals surface area contributed by atoms with Crippen molar-refractivity contribution in [2.24, 2.45) is 5.92 Å². The van der Waals surface area contributed by atoms with Gasteiger partial charge in [-0.15, -0.1) is 0 Å². The predicted octanol–water partition coefficient (Wildman–Crippen LogP) is 3.40. The molecule has 0 N–H and O–H groups in total. The number of nitrogens with zero attached hydrogens (tertiary/aromatic N) is 3. The number of fused-ring (bicyclic) bond motifs is 1. The van der Waals surface area contributed by atoms with Crippen molar-refractivity contribution in [3.8, 4) is 0 Å². The fourth-order valence-corrected chi connectivity index (χ4v) is 4.88. The van der Waals surface area contributed by atoms with Crippen LogP contribution in [-0.4, -0.2) is 66.2 Å². The van der Waals surface area contributed by atoms with E-state index in [1.807, 2.05) is 12.1 Å². The molecule has 2 unspecified atom stereocenters. The van der Waals surface area contributed by atoms with E-state index in [1.165, 1.54) is 45.2 Å². The van der Waals surface area contributed by atoms with Crippen LogP contribution in [0.4, 0.5) is 0 Å². The molecule has 0 spiro atoms. The zero-order valence-electron chi connectivity index (χ0n) is 17.0. The average molecular weight is 376 g/mol. The molecule has 0 radical (unpaired) electrons.